The number of fused-ring (bicyclic) bond motifs is 1. The molecular formula is C19H20N6O3. The van der Waals surface area contributed by atoms with E-state index in [1.165, 1.54) is 11.2 Å². The minimum absolute atomic E-state index is 0.0110. The number of benzene rings is 1. The van der Waals surface area contributed by atoms with Crippen molar-refractivity contribution in [2.45, 2.75) is 13.0 Å². The predicted octanol–water partition coefficient (Wildman–Crippen LogP) is 0.797. The molecule has 9 heteroatoms. The highest BCUT2D eigenvalue weighted by Crippen LogP contribution is 2.25. The first kappa shape index (κ1) is 17.9. The number of hydrogen-bond donors (Lipinski definition) is 1. The van der Waals surface area contributed by atoms with Gasteiger partial charge in [0.15, 0.2) is 0 Å². The normalized spacial score (nSPS) is 16.1. The lowest BCUT2D eigenvalue weighted by Gasteiger charge is -2.30. The fraction of sp³-hybridized carbons (Fsp3) is 0.316. The molecule has 9 nitrogen and oxygen atoms in total. The molecule has 1 N–H and O–H groups in total. The lowest BCUT2D eigenvalue weighted by molar-refractivity contribution is -0.117. The van der Waals surface area contributed by atoms with E-state index in [1.807, 2.05) is 19.0 Å². The molecule has 0 aliphatic carbocycles. The first-order valence-corrected chi connectivity index (χ1v) is 8.95. The van der Waals surface area contributed by atoms with Crippen molar-refractivity contribution in [3.05, 3.63) is 47.4 Å². The van der Waals surface area contributed by atoms with Gasteiger partial charge in [-0.3, -0.25) is 19.8 Å². The fourth-order valence-electron chi connectivity index (χ4n) is 3.51. The summed E-state index contributed by atoms with van der Waals surface area (Å²) in [5.41, 5.74) is 3.05. The number of amides is 4. The Balaban J connectivity index is 1.50. The molecule has 2 aromatic rings. The first-order valence-electron chi connectivity index (χ1n) is 8.95. The molecule has 0 unspecified atom stereocenters. The molecule has 1 aromatic carbocycles. The maximum absolute atomic E-state index is 12.9. The molecule has 0 bridgehead atoms. The van der Waals surface area contributed by atoms with Crippen molar-refractivity contribution in [2.75, 3.05) is 37.0 Å². The van der Waals surface area contributed by atoms with Crippen LogP contribution in [0.3, 0.4) is 0 Å². The second-order valence-electron chi connectivity index (χ2n) is 6.98. The molecule has 4 amide bonds. The molecule has 144 valence electrons. The summed E-state index contributed by atoms with van der Waals surface area (Å²) in [7, 11) is 3.88. The van der Waals surface area contributed by atoms with E-state index in [9.17, 15) is 14.4 Å². The summed E-state index contributed by atoms with van der Waals surface area (Å²) in [6.45, 7) is 1.01. The van der Waals surface area contributed by atoms with Crippen molar-refractivity contribution in [3.8, 4) is 0 Å². The Morgan fingerprint density at radius 3 is 2.50 bits per heavy atom. The molecule has 0 spiro atoms. The molecule has 2 aliphatic heterocycles. The molecule has 0 saturated carbocycles. The van der Waals surface area contributed by atoms with Crippen LogP contribution in [0, 0.1) is 0 Å². The molecule has 1 aromatic heterocycles. The predicted molar refractivity (Wildman–Crippen MR) is 102 cm³/mol. The Kier molecular flexibility index (Phi) is 4.42. The van der Waals surface area contributed by atoms with E-state index in [0.717, 1.165) is 17.1 Å². The zero-order chi connectivity index (χ0) is 19.8. The van der Waals surface area contributed by atoms with Crippen LogP contribution < -0.4 is 15.1 Å². The number of nitrogens with zero attached hydrogens (tertiary/aromatic N) is 5. The van der Waals surface area contributed by atoms with E-state index in [1.54, 1.807) is 29.2 Å². The lowest BCUT2D eigenvalue weighted by Crippen LogP contribution is -2.37. The summed E-state index contributed by atoms with van der Waals surface area (Å²) >= 11 is 0. The van der Waals surface area contributed by atoms with Gasteiger partial charge in [0, 0.05) is 37.5 Å². The topological polar surface area (TPSA) is 98.7 Å². The van der Waals surface area contributed by atoms with E-state index in [4.69, 9.17) is 0 Å². The number of hydrogen-bond acceptors (Lipinski definition) is 6. The smallest absolute Gasteiger partial charge is 0.329 e. The summed E-state index contributed by atoms with van der Waals surface area (Å²) in [6.07, 6.45) is 2.23. The van der Waals surface area contributed by atoms with Gasteiger partial charge in [0.05, 0.1) is 12.2 Å². The van der Waals surface area contributed by atoms with Gasteiger partial charge in [-0.05, 0) is 30.7 Å². The summed E-state index contributed by atoms with van der Waals surface area (Å²) < 4.78 is 0. The van der Waals surface area contributed by atoms with Crippen molar-refractivity contribution in [3.63, 3.8) is 0 Å². The molecule has 0 atom stereocenters. The van der Waals surface area contributed by atoms with Gasteiger partial charge in [-0.25, -0.2) is 14.8 Å². The third-order valence-electron chi connectivity index (χ3n) is 4.91. The number of carbonyl (C=O) groups excluding carboxylic acids is 3. The van der Waals surface area contributed by atoms with E-state index in [2.05, 4.69) is 15.3 Å². The quantitative estimate of drug-likeness (QED) is 0.791. The highest BCUT2D eigenvalue weighted by atomic mass is 16.2. The molecule has 2 aliphatic rings. The minimum atomic E-state index is -0.451. The summed E-state index contributed by atoms with van der Waals surface area (Å²) in [4.78, 5) is 49.7. The third-order valence-corrected chi connectivity index (χ3v) is 4.91. The average molecular weight is 380 g/mol. The maximum atomic E-state index is 12.9. The van der Waals surface area contributed by atoms with Crippen LogP contribution in [0.5, 0.6) is 0 Å². The number of aromatic nitrogens is 2. The monoisotopic (exact) mass is 380 g/mol. The van der Waals surface area contributed by atoms with Gasteiger partial charge < -0.3 is 9.80 Å². The Morgan fingerprint density at radius 1 is 1.11 bits per heavy atom. The summed E-state index contributed by atoms with van der Waals surface area (Å²) in [6, 6.07) is 6.25. The second-order valence-corrected chi connectivity index (χ2v) is 6.98. The van der Waals surface area contributed by atoms with E-state index in [0.29, 0.717) is 30.8 Å². The van der Waals surface area contributed by atoms with Gasteiger partial charge in [0.2, 0.25) is 5.91 Å². The molecular weight excluding hydrogens is 360 g/mol. The Bertz CT molecular complexity index is 957. The van der Waals surface area contributed by atoms with Crippen molar-refractivity contribution in [1.29, 1.82) is 0 Å². The van der Waals surface area contributed by atoms with Gasteiger partial charge in [0.1, 0.15) is 18.7 Å². The number of carbonyl (C=O) groups is 3. The van der Waals surface area contributed by atoms with Crippen LogP contribution >= 0.6 is 0 Å². The summed E-state index contributed by atoms with van der Waals surface area (Å²) in [5.74, 6) is 0.459. The fourth-order valence-corrected chi connectivity index (χ4v) is 3.51. The van der Waals surface area contributed by atoms with Crippen molar-refractivity contribution in [1.82, 2.24) is 20.2 Å². The highest BCUT2D eigenvalue weighted by Gasteiger charge is 2.29. The zero-order valence-electron chi connectivity index (χ0n) is 15.7. The Labute approximate surface area is 162 Å². The largest absolute Gasteiger partial charge is 0.362 e. The van der Waals surface area contributed by atoms with Crippen LogP contribution in [0.25, 0.3) is 0 Å². The molecule has 3 heterocycles. The van der Waals surface area contributed by atoms with Crippen LogP contribution in [0.2, 0.25) is 0 Å². The number of rotatable bonds is 3. The standard InChI is InChI=1S/C19H20N6O3/c1-23(2)17-14-7-8-24(9-15(14)20-11-21-17)18(27)12-3-5-13(6-4-12)25-10-16(26)22-19(25)28/h3-6,11H,7-10H2,1-2H3,(H,22,26,28). The van der Waals surface area contributed by atoms with Gasteiger partial charge in [-0.1, -0.05) is 0 Å². The maximum Gasteiger partial charge on any atom is 0.329 e. The highest BCUT2D eigenvalue weighted by molar-refractivity contribution is 6.12. The van der Waals surface area contributed by atoms with Crippen LogP contribution in [0.1, 0.15) is 21.6 Å². The van der Waals surface area contributed by atoms with Gasteiger partial charge in [-0.2, -0.15) is 0 Å². The Hall–Kier alpha value is -3.49. The molecule has 28 heavy (non-hydrogen) atoms. The zero-order valence-corrected chi connectivity index (χ0v) is 15.7. The first-order chi connectivity index (χ1) is 13.4. The van der Waals surface area contributed by atoms with Gasteiger partial charge in [-0.15, -0.1) is 0 Å². The number of anilines is 2. The number of nitrogens with one attached hydrogen (secondary N) is 1. The molecule has 1 saturated heterocycles. The van der Waals surface area contributed by atoms with E-state index >= 15 is 0 Å². The van der Waals surface area contributed by atoms with Gasteiger partial charge in [0.25, 0.3) is 5.91 Å². The summed E-state index contributed by atoms with van der Waals surface area (Å²) in [5, 5.41) is 2.23. The second kappa shape index (κ2) is 6.91. The third kappa shape index (κ3) is 3.15. The average Bonchev–Trinajstić information content (AvgIpc) is 3.04. The van der Waals surface area contributed by atoms with E-state index in [-0.39, 0.29) is 18.4 Å². The molecule has 1 fully saturated rings. The number of urea groups is 1. The van der Waals surface area contributed by atoms with Crippen molar-refractivity contribution in [2.24, 2.45) is 0 Å². The van der Waals surface area contributed by atoms with Crippen LogP contribution in [-0.2, 0) is 17.8 Å². The SMILES string of the molecule is CN(C)c1ncnc2c1CCN(C(=O)c1ccc(N3CC(=O)NC3=O)cc1)C2. The van der Waals surface area contributed by atoms with Gasteiger partial charge >= 0.3 is 6.03 Å². The van der Waals surface area contributed by atoms with Crippen LogP contribution in [0.15, 0.2) is 30.6 Å². The lowest BCUT2D eigenvalue weighted by atomic mass is 10.0. The van der Waals surface area contributed by atoms with Crippen molar-refractivity contribution < 1.29 is 14.4 Å². The van der Waals surface area contributed by atoms with Crippen LogP contribution in [-0.4, -0.2) is 59.9 Å². The Morgan fingerprint density at radius 2 is 1.86 bits per heavy atom. The number of imide groups is 1. The minimum Gasteiger partial charge on any atom is -0.362 e. The molecule has 4 rings (SSSR count). The molecule has 0 radical (unpaired) electrons. The van der Waals surface area contributed by atoms with E-state index < -0.39 is 6.03 Å². The van der Waals surface area contributed by atoms with Crippen molar-refractivity contribution >= 4 is 29.4 Å². The van der Waals surface area contributed by atoms with Crippen LogP contribution in [0.4, 0.5) is 16.3 Å².